The Labute approximate surface area is 111 Å². The SMILES string of the molecule is COc1ccc(Br)c2c1CN(CCCN)CC2. The van der Waals surface area contributed by atoms with Gasteiger partial charge in [0.25, 0.3) is 0 Å². The Morgan fingerprint density at radius 3 is 2.94 bits per heavy atom. The van der Waals surface area contributed by atoms with Crippen molar-refractivity contribution in [3.63, 3.8) is 0 Å². The molecule has 0 fully saturated rings. The van der Waals surface area contributed by atoms with E-state index in [4.69, 9.17) is 10.5 Å². The van der Waals surface area contributed by atoms with Crippen molar-refractivity contribution >= 4 is 15.9 Å². The first-order valence-corrected chi connectivity index (χ1v) is 6.82. The normalized spacial score (nSPS) is 15.7. The van der Waals surface area contributed by atoms with Crippen LogP contribution in [0.3, 0.4) is 0 Å². The maximum atomic E-state index is 5.56. The molecule has 0 aliphatic carbocycles. The fraction of sp³-hybridized carbons (Fsp3) is 0.538. The molecular formula is C13H19BrN2O. The van der Waals surface area contributed by atoms with Crippen molar-refractivity contribution in [3.05, 3.63) is 27.7 Å². The summed E-state index contributed by atoms with van der Waals surface area (Å²) in [7, 11) is 1.74. The van der Waals surface area contributed by atoms with Gasteiger partial charge in [-0.05, 0) is 43.6 Å². The van der Waals surface area contributed by atoms with Crippen molar-refractivity contribution in [1.29, 1.82) is 0 Å². The summed E-state index contributed by atoms with van der Waals surface area (Å²) in [6.07, 6.45) is 2.14. The van der Waals surface area contributed by atoms with E-state index in [1.807, 2.05) is 6.07 Å². The highest BCUT2D eigenvalue weighted by atomic mass is 79.9. The smallest absolute Gasteiger partial charge is 0.123 e. The second-order valence-electron chi connectivity index (χ2n) is 4.38. The monoisotopic (exact) mass is 298 g/mol. The summed E-state index contributed by atoms with van der Waals surface area (Å²) in [4.78, 5) is 2.45. The first kappa shape index (κ1) is 12.9. The first-order chi connectivity index (χ1) is 8.26. The number of hydrogen-bond donors (Lipinski definition) is 1. The average molecular weight is 299 g/mol. The van der Waals surface area contributed by atoms with Crippen LogP contribution in [-0.2, 0) is 13.0 Å². The Kier molecular flexibility index (Phi) is 4.42. The van der Waals surface area contributed by atoms with Crippen molar-refractivity contribution in [2.75, 3.05) is 26.7 Å². The molecule has 94 valence electrons. The van der Waals surface area contributed by atoms with Crippen LogP contribution in [0.4, 0.5) is 0 Å². The molecule has 0 bridgehead atoms. The summed E-state index contributed by atoms with van der Waals surface area (Å²) in [5.41, 5.74) is 8.28. The third-order valence-electron chi connectivity index (χ3n) is 3.29. The van der Waals surface area contributed by atoms with Gasteiger partial charge in [-0.15, -0.1) is 0 Å². The van der Waals surface area contributed by atoms with Gasteiger partial charge >= 0.3 is 0 Å². The number of fused-ring (bicyclic) bond motifs is 1. The van der Waals surface area contributed by atoms with E-state index >= 15 is 0 Å². The van der Waals surface area contributed by atoms with Crippen molar-refractivity contribution in [2.45, 2.75) is 19.4 Å². The Balaban J connectivity index is 2.20. The van der Waals surface area contributed by atoms with Gasteiger partial charge in [0.15, 0.2) is 0 Å². The number of ether oxygens (including phenoxy) is 1. The van der Waals surface area contributed by atoms with E-state index in [0.717, 1.165) is 44.8 Å². The van der Waals surface area contributed by atoms with Gasteiger partial charge in [0.05, 0.1) is 7.11 Å². The van der Waals surface area contributed by atoms with Gasteiger partial charge in [0.2, 0.25) is 0 Å². The minimum Gasteiger partial charge on any atom is -0.496 e. The van der Waals surface area contributed by atoms with Gasteiger partial charge in [-0.3, -0.25) is 4.90 Å². The van der Waals surface area contributed by atoms with Crippen molar-refractivity contribution in [1.82, 2.24) is 4.90 Å². The van der Waals surface area contributed by atoms with Gasteiger partial charge < -0.3 is 10.5 Å². The summed E-state index contributed by atoms with van der Waals surface area (Å²) in [6, 6.07) is 4.11. The van der Waals surface area contributed by atoms with E-state index < -0.39 is 0 Å². The van der Waals surface area contributed by atoms with E-state index in [1.54, 1.807) is 7.11 Å². The molecule has 0 aromatic heterocycles. The number of rotatable bonds is 4. The molecule has 17 heavy (non-hydrogen) atoms. The zero-order valence-electron chi connectivity index (χ0n) is 10.2. The molecule has 2 N–H and O–H groups in total. The van der Waals surface area contributed by atoms with E-state index in [9.17, 15) is 0 Å². The summed E-state index contributed by atoms with van der Waals surface area (Å²) >= 11 is 3.62. The molecule has 4 heteroatoms. The molecular weight excluding hydrogens is 280 g/mol. The highest BCUT2D eigenvalue weighted by molar-refractivity contribution is 9.10. The van der Waals surface area contributed by atoms with Gasteiger partial charge in [0, 0.05) is 23.1 Å². The predicted octanol–water partition coefficient (Wildman–Crippen LogP) is 2.16. The summed E-state index contributed by atoms with van der Waals surface area (Å²) in [5.74, 6) is 1.00. The number of hydrogen-bond acceptors (Lipinski definition) is 3. The standard InChI is InChI=1S/C13H19BrN2O/c1-17-13-4-3-12(14)10-5-8-16(7-2-6-15)9-11(10)13/h3-4H,2,5-9,15H2,1H3. The summed E-state index contributed by atoms with van der Waals surface area (Å²) in [5, 5.41) is 0. The van der Waals surface area contributed by atoms with E-state index in [0.29, 0.717) is 0 Å². The van der Waals surface area contributed by atoms with Crippen LogP contribution in [0.15, 0.2) is 16.6 Å². The molecule has 0 atom stereocenters. The molecule has 1 aromatic carbocycles. The zero-order chi connectivity index (χ0) is 12.3. The number of nitrogens with two attached hydrogens (primary N) is 1. The fourth-order valence-corrected chi connectivity index (χ4v) is 2.93. The predicted molar refractivity (Wildman–Crippen MR) is 73.3 cm³/mol. The van der Waals surface area contributed by atoms with Crippen LogP contribution in [0.2, 0.25) is 0 Å². The molecule has 1 aliphatic rings. The van der Waals surface area contributed by atoms with Crippen LogP contribution in [0.5, 0.6) is 5.75 Å². The van der Waals surface area contributed by atoms with Crippen molar-refractivity contribution < 1.29 is 4.74 Å². The Morgan fingerprint density at radius 1 is 1.41 bits per heavy atom. The van der Waals surface area contributed by atoms with Crippen LogP contribution >= 0.6 is 15.9 Å². The van der Waals surface area contributed by atoms with E-state index in [1.165, 1.54) is 15.6 Å². The Morgan fingerprint density at radius 2 is 2.24 bits per heavy atom. The Bertz CT molecular complexity index is 395. The number of nitrogens with zero attached hydrogens (tertiary/aromatic N) is 1. The average Bonchev–Trinajstić information content (AvgIpc) is 2.37. The van der Waals surface area contributed by atoms with Crippen molar-refractivity contribution in [2.24, 2.45) is 5.73 Å². The second kappa shape index (κ2) is 5.85. The van der Waals surface area contributed by atoms with E-state index in [2.05, 4.69) is 26.9 Å². The number of benzene rings is 1. The molecule has 3 nitrogen and oxygen atoms in total. The lowest BCUT2D eigenvalue weighted by Crippen LogP contribution is -2.32. The van der Waals surface area contributed by atoms with Crippen molar-refractivity contribution in [3.8, 4) is 5.75 Å². The summed E-state index contributed by atoms with van der Waals surface area (Å²) in [6.45, 7) is 3.92. The molecule has 1 aliphatic heterocycles. The Hall–Kier alpha value is -0.580. The third kappa shape index (κ3) is 2.81. The van der Waals surface area contributed by atoms with Crippen LogP contribution < -0.4 is 10.5 Å². The molecule has 0 amide bonds. The summed E-state index contributed by atoms with van der Waals surface area (Å²) < 4.78 is 6.65. The molecule has 1 aromatic rings. The highest BCUT2D eigenvalue weighted by Gasteiger charge is 2.21. The number of methoxy groups -OCH3 is 1. The first-order valence-electron chi connectivity index (χ1n) is 6.03. The van der Waals surface area contributed by atoms with Crippen LogP contribution in [0.1, 0.15) is 17.5 Å². The lowest BCUT2D eigenvalue weighted by Gasteiger charge is -2.30. The second-order valence-corrected chi connectivity index (χ2v) is 5.23. The van der Waals surface area contributed by atoms with Gasteiger partial charge in [-0.2, -0.15) is 0 Å². The number of halogens is 1. The quantitative estimate of drug-likeness (QED) is 0.926. The molecule has 0 spiro atoms. The van der Waals surface area contributed by atoms with Crippen LogP contribution in [-0.4, -0.2) is 31.6 Å². The third-order valence-corrected chi connectivity index (χ3v) is 4.03. The maximum Gasteiger partial charge on any atom is 0.123 e. The largest absolute Gasteiger partial charge is 0.496 e. The molecule has 0 unspecified atom stereocenters. The molecule has 0 saturated heterocycles. The maximum absolute atomic E-state index is 5.56. The molecule has 2 rings (SSSR count). The van der Waals surface area contributed by atoms with Gasteiger partial charge in [0.1, 0.15) is 5.75 Å². The molecule has 1 heterocycles. The van der Waals surface area contributed by atoms with Gasteiger partial charge in [-0.25, -0.2) is 0 Å². The molecule has 0 radical (unpaired) electrons. The topological polar surface area (TPSA) is 38.5 Å². The lowest BCUT2D eigenvalue weighted by molar-refractivity contribution is 0.246. The van der Waals surface area contributed by atoms with E-state index in [-0.39, 0.29) is 0 Å². The fourth-order valence-electron chi connectivity index (χ4n) is 2.36. The van der Waals surface area contributed by atoms with Crippen LogP contribution in [0.25, 0.3) is 0 Å². The minimum atomic E-state index is 0.763. The van der Waals surface area contributed by atoms with Crippen LogP contribution in [0, 0.1) is 0 Å². The van der Waals surface area contributed by atoms with Gasteiger partial charge in [-0.1, -0.05) is 15.9 Å². The zero-order valence-corrected chi connectivity index (χ0v) is 11.8. The minimum absolute atomic E-state index is 0.763. The molecule has 0 saturated carbocycles. The highest BCUT2D eigenvalue weighted by Crippen LogP contribution is 2.33. The lowest BCUT2D eigenvalue weighted by atomic mass is 9.98.